The summed E-state index contributed by atoms with van der Waals surface area (Å²) in [4.78, 5) is 11.0. The van der Waals surface area contributed by atoms with Crippen LogP contribution >= 0.6 is 0 Å². The summed E-state index contributed by atoms with van der Waals surface area (Å²) in [6, 6.07) is 2.89. The SMILES string of the molecule is OCC1CCCN1c1cc(NC(C2CC2)C2CC2)ncn1. The lowest BCUT2D eigenvalue weighted by molar-refractivity contribution is 0.266. The summed E-state index contributed by atoms with van der Waals surface area (Å²) in [6.07, 6.45) is 9.30. The molecule has 2 N–H and O–H groups in total. The van der Waals surface area contributed by atoms with E-state index in [1.165, 1.54) is 25.7 Å². The second kappa shape index (κ2) is 5.44. The van der Waals surface area contributed by atoms with E-state index in [9.17, 15) is 5.11 Å². The summed E-state index contributed by atoms with van der Waals surface area (Å²) in [7, 11) is 0. The molecule has 2 aliphatic carbocycles. The van der Waals surface area contributed by atoms with E-state index < -0.39 is 0 Å². The Labute approximate surface area is 125 Å². The molecule has 1 aromatic heterocycles. The molecule has 3 aliphatic rings. The van der Waals surface area contributed by atoms with Gasteiger partial charge in [0.2, 0.25) is 0 Å². The van der Waals surface area contributed by atoms with Gasteiger partial charge in [-0.15, -0.1) is 0 Å². The molecule has 0 amide bonds. The molecule has 1 aliphatic heterocycles. The highest BCUT2D eigenvalue weighted by atomic mass is 16.3. The van der Waals surface area contributed by atoms with E-state index in [0.29, 0.717) is 6.04 Å². The zero-order chi connectivity index (χ0) is 14.2. The number of nitrogens with zero attached hydrogens (tertiary/aromatic N) is 3. The lowest BCUT2D eigenvalue weighted by Crippen LogP contribution is -2.33. The zero-order valence-electron chi connectivity index (χ0n) is 12.4. The van der Waals surface area contributed by atoms with Crippen LogP contribution in [0.3, 0.4) is 0 Å². The minimum absolute atomic E-state index is 0.208. The summed E-state index contributed by atoms with van der Waals surface area (Å²) in [5.41, 5.74) is 0. The zero-order valence-corrected chi connectivity index (χ0v) is 12.4. The van der Waals surface area contributed by atoms with Gasteiger partial charge in [-0.05, 0) is 50.4 Å². The van der Waals surface area contributed by atoms with Crippen molar-refractivity contribution in [2.24, 2.45) is 11.8 Å². The Morgan fingerprint density at radius 1 is 1.19 bits per heavy atom. The number of aliphatic hydroxyl groups is 1. The average molecular weight is 288 g/mol. The molecule has 5 nitrogen and oxygen atoms in total. The van der Waals surface area contributed by atoms with E-state index in [0.717, 1.165) is 42.9 Å². The Morgan fingerprint density at radius 2 is 1.95 bits per heavy atom. The molecule has 0 bridgehead atoms. The van der Waals surface area contributed by atoms with E-state index in [4.69, 9.17) is 0 Å². The summed E-state index contributed by atoms with van der Waals surface area (Å²) in [5.74, 6) is 3.61. The largest absolute Gasteiger partial charge is 0.394 e. The number of aromatic nitrogens is 2. The molecule has 2 saturated carbocycles. The van der Waals surface area contributed by atoms with Gasteiger partial charge in [0.1, 0.15) is 18.0 Å². The van der Waals surface area contributed by atoms with Crippen molar-refractivity contribution in [3.63, 3.8) is 0 Å². The van der Waals surface area contributed by atoms with E-state index in [2.05, 4.69) is 26.3 Å². The first kappa shape index (κ1) is 13.3. The maximum atomic E-state index is 9.47. The molecule has 1 aromatic rings. The molecule has 5 heteroatoms. The van der Waals surface area contributed by atoms with Gasteiger partial charge in [0.15, 0.2) is 0 Å². The molecular formula is C16H24N4O. The molecule has 3 fully saturated rings. The third kappa shape index (κ3) is 2.84. The first-order valence-electron chi connectivity index (χ1n) is 8.31. The highest BCUT2D eigenvalue weighted by Gasteiger charge is 2.41. The lowest BCUT2D eigenvalue weighted by Gasteiger charge is -2.25. The quantitative estimate of drug-likeness (QED) is 0.839. The molecule has 0 spiro atoms. The van der Waals surface area contributed by atoms with Gasteiger partial charge in [-0.2, -0.15) is 0 Å². The summed E-state index contributed by atoms with van der Waals surface area (Å²) < 4.78 is 0. The van der Waals surface area contributed by atoms with E-state index in [1.807, 2.05) is 0 Å². The third-order valence-electron chi connectivity index (χ3n) is 5.11. The van der Waals surface area contributed by atoms with Crippen LogP contribution in [0.25, 0.3) is 0 Å². The maximum absolute atomic E-state index is 9.47. The fraction of sp³-hybridized carbons (Fsp3) is 0.750. The number of hydrogen-bond acceptors (Lipinski definition) is 5. The van der Waals surface area contributed by atoms with Crippen molar-refractivity contribution in [3.05, 3.63) is 12.4 Å². The maximum Gasteiger partial charge on any atom is 0.134 e. The average Bonchev–Trinajstić information content (AvgIpc) is 3.43. The molecule has 21 heavy (non-hydrogen) atoms. The second-order valence-corrected chi connectivity index (χ2v) is 6.78. The van der Waals surface area contributed by atoms with Crippen LogP contribution in [0.15, 0.2) is 12.4 Å². The Kier molecular flexibility index (Phi) is 3.45. The van der Waals surface area contributed by atoms with Gasteiger partial charge in [-0.3, -0.25) is 0 Å². The highest BCUT2D eigenvalue weighted by molar-refractivity contribution is 5.50. The van der Waals surface area contributed by atoms with E-state index in [1.54, 1.807) is 6.33 Å². The second-order valence-electron chi connectivity index (χ2n) is 6.78. The smallest absolute Gasteiger partial charge is 0.134 e. The number of anilines is 2. The van der Waals surface area contributed by atoms with Crippen LogP contribution in [0.1, 0.15) is 38.5 Å². The molecule has 1 saturated heterocycles. The summed E-state index contributed by atoms with van der Waals surface area (Å²) in [6.45, 7) is 1.19. The van der Waals surface area contributed by atoms with Crippen LogP contribution in [0.2, 0.25) is 0 Å². The van der Waals surface area contributed by atoms with Crippen LogP contribution in [-0.4, -0.2) is 40.3 Å². The Bertz CT molecular complexity index is 489. The molecular weight excluding hydrogens is 264 g/mol. The van der Waals surface area contributed by atoms with Crippen molar-refractivity contribution in [2.75, 3.05) is 23.4 Å². The third-order valence-corrected chi connectivity index (χ3v) is 5.11. The molecule has 0 aromatic carbocycles. The Morgan fingerprint density at radius 3 is 2.62 bits per heavy atom. The Balaban J connectivity index is 1.49. The van der Waals surface area contributed by atoms with Gasteiger partial charge in [0, 0.05) is 18.7 Å². The van der Waals surface area contributed by atoms with E-state index >= 15 is 0 Å². The minimum atomic E-state index is 0.208. The fourth-order valence-electron chi connectivity index (χ4n) is 3.61. The lowest BCUT2D eigenvalue weighted by atomic mass is 10.1. The van der Waals surface area contributed by atoms with E-state index in [-0.39, 0.29) is 12.6 Å². The van der Waals surface area contributed by atoms with Crippen LogP contribution in [0, 0.1) is 11.8 Å². The predicted octanol–water partition coefficient (Wildman–Crippen LogP) is 2.04. The van der Waals surface area contributed by atoms with Crippen molar-refractivity contribution in [1.82, 2.24) is 9.97 Å². The normalized spacial score (nSPS) is 25.6. The van der Waals surface area contributed by atoms with Crippen molar-refractivity contribution >= 4 is 11.6 Å². The van der Waals surface area contributed by atoms with Crippen molar-refractivity contribution in [2.45, 2.75) is 50.6 Å². The first-order valence-corrected chi connectivity index (χ1v) is 8.31. The molecule has 2 heterocycles. The molecule has 4 rings (SSSR count). The van der Waals surface area contributed by atoms with Gasteiger partial charge in [0.25, 0.3) is 0 Å². The number of nitrogens with one attached hydrogen (secondary N) is 1. The summed E-state index contributed by atoms with van der Waals surface area (Å²) in [5, 5.41) is 13.1. The number of rotatable bonds is 6. The van der Waals surface area contributed by atoms with Crippen LogP contribution in [-0.2, 0) is 0 Å². The van der Waals surface area contributed by atoms with Gasteiger partial charge < -0.3 is 15.3 Å². The van der Waals surface area contributed by atoms with Crippen molar-refractivity contribution in [3.8, 4) is 0 Å². The van der Waals surface area contributed by atoms with Gasteiger partial charge in [0.05, 0.1) is 12.6 Å². The van der Waals surface area contributed by atoms with Crippen molar-refractivity contribution in [1.29, 1.82) is 0 Å². The highest BCUT2D eigenvalue weighted by Crippen LogP contribution is 2.45. The number of hydrogen-bond donors (Lipinski definition) is 2. The number of aliphatic hydroxyl groups excluding tert-OH is 1. The van der Waals surface area contributed by atoms with Crippen LogP contribution in [0.5, 0.6) is 0 Å². The molecule has 1 unspecified atom stereocenters. The molecule has 114 valence electrons. The predicted molar refractivity (Wildman–Crippen MR) is 82.3 cm³/mol. The monoisotopic (exact) mass is 288 g/mol. The standard InChI is InChI=1S/C16H24N4O/c21-9-13-2-1-7-20(13)15-8-14(17-10-18-15)19-16(11-3-4-11)12-5-6-12/h8,10-13,16,21H,1-7,9H2,(H,17,18,19). The fourth-order valence-corrected chi connectivity index (χ4v) is 3.61. The summed E-state index contributed by atoms with van der Waals surface area (Å²) >= 11 is 0. The van der Waals surface area contributed by atoms with Gasteiger partial charge >= 0.3 is 0 Å². The van der Waals surface area contributed by atoms with Crippen LogP contribution < -0.4 is 10.2 Å². The van der Waals surface area contributed by atoms with Crippen molar-refractivity contribution < 1.29 is 5.11 Å². The molecule has 0 radical (unpaired) electrons. The Hall–Kier alpha value is -1.36. The minimum Gasteiger partial charge on any atom is -0.394 e. The van der Waals surface area contributed by atoms with Crippen LogP contribution in [0.4, 0.5) is 11.6 Å². The van der Waals surface area contributed by atoms with Gasteiger partial charge in [-0.1, -0.05) is 0 Å². The molecule has 1 atom stereocenters. The topological polar surface area (TPSA) is 61.3 Å². The van der Waals surface area contributed by atoms with Gasteiger partial charge in [-0.25, -0.2) is 9.97 Å². The first-order chi connectivity index (χ1) is 10.3.